The second-order valence-corrected chi connectivity index (χ2v) is 5.11. The Balaban J connectivity index is 2.34. The van der Waals surface area contributed by atoms with Crippen LogP contribution in [0.15, 0.2) is 4.47 Å². The lowest BCUT2D eigenvalue weighted by atomic mass is 9.85. The van der Waals surface area contributed by atoms with Gasteiger partial charge in [0, 0.05) is 13.0 Å². The van der Waals surface area contributed by atoms with Gasteiger partial charge in [-0.15, -0.1) is 0 Å². The minimum absolute atomic E-state index is 0.593. The minimum atomic E-state index is 0.593. The van der Waals surface area contributed by atoms with Crippen molar-refractivity contribution in [3.63, 3.8) is 0 Å². The second kappa shape index (κ2) is 5.13. The zero-order chi connectivity index (χ0) is 11.5. The van der Waals surface area contributed by atoms with Crippen LogP contribution in [0.5, 0.6) is 0 Å². The molecule has 1 N–H and O–H groups in total. The molecule has 0 aliphatic heterocycles. The lowest BCUT2D eigenvalue weighted by Gasteiger charge is -2.25. The molecule has 1 aliphatic rings. The summed E-state index contributed by atoms with van der Waals surface area (Å²) in [5.41, 5.74) is 1.14. The SMILES string of the molecule is CCCc1nc(C2CCC2)nc(NC)c1Br. The molecule has 0 unspecified atom stereocenters. The summed E-state index contributed by atoms with van der Waals surface area (Å²) >= 11 is 3.58. The monoisotopic (exact) mass is 283 g/mol. The molecule has 16 heavy (non-hydrogen) atoms. The van der Waals surface area contributed by atoms with Crippen molar-refractivity contribution in [2.45, 2.75) is 44.9 Å². The minimum Gasteiger partial charge on any atom is -0.372 e. The van der Waals surface area contributed by atoms with Gasteiger partial charge < -0.3 is 5.32 Å². The van der Waals surface area contributed by atoms with Crippen LogP contribution in [0.2, 0.25) is 0 Å². The lowest BCUT2D eigenvalue weighted by Crippen LogP contribution is -2.15. The highest BCUT2D eigenvalue weighted by molar-refractivity contribution is 9.10. The maximum absolute atomic E-state index is 4.69. The fourth-order valence-corrected chi connectivity index (χ4v) is 2.50. The van der Waals surface area contributed by atoms with Crippen LogP contribution < -0.4 is 5.32 Å². The zero-order valence-corrected chi connectivity index (χ0v) is 11.5. The van der Waals surface area contributed by atoms with Crippen LogP contribution in [0.3, 0.4) is 0 Å². The van der Waals surface area contributed by atoms with Crippen molar-refractivity contribution in [1.82, 2.24) is 9.97 Å². The van der Waals surface area contributed by atoms with Gasteiger partial charge in [0.2, 0.25) is 0 Å². The number of anilines is 1. The highest BCUT2D eigenvalue weighted by Crippen LogP contribution is 2.36. The normalized spacial score (nSPS) is 15.9. The number of nitrogens with one attached hydrogen (secondary N) is 1. The Kier molecular flexibility index (Phi) is 3.79. The lowest BCUT2D eigenvalue weighted by molar-refractivity contribution is 0.400. The molecule has 1 saturated carbocycles. The molecule has 0 radical (unpaired) electrons. The molecule has 1 aliphatic carbocycles. The summed E-state index contributed by atoms with van der Waals surface area (Å²) in [5.74, 6) is 2.55. The molecule has 0 bridgehead atoms. The maximum Gasteiger partial charge on any atom is 0.144 e. The van der Waals surface area contributed by atoms with E-state index in [1.165, 1.54) is 19.3 Å². The Morgan fingerprint density at radius 3 is 2.62 bits per heavy atom. The van der Waals surface area contributed by atoms with Crippen LogP contribution >= 0.6 is 15.9 Å². The smallest absolute Gasteiger partial charge is 0.144 e. The topological polar surface area (TPSA) is 37.8 Å². The first-order valence-electron chi connectivity index (χ1n) is 6.00. The largest absolute Gasteiger partial charge is 0.372 e. The van der Waals surface area contributed by atoms with Gasteiger partial charge in [0.1, 0.15) is 11.6 Å². The quantitative estimate of drug-likeness (QED) is 0.919. The number of hydrogen-bond acceptors (Lipinski definition) is 3. The summed E-state index contributed by atoms with van der Waals surface area (Å²) in [4.78, 5) is 9.28. The Morgan fingerprint density at radius 1 is 1.38 bits per heavy atom. The predicted molar refractivity (Wildman–Crippen MR) is 69.9 cm³/mol. The van der Waals surface area contributed by atoms with Crippen molar-refractivity contribution in [3.8, 4) is 0 Å². The average molecular weight is 284 g/mol. The van der Waals surface area contributed by atoms with E-state index < -0.39 is 0 Å². The summed E-state index contributed by atoms with van der Waals surface area (Å²) < 4.78 is 1.03. The van der Waals surface area contributed by atoms with E-state index in [9.17, 15) is 0 Å². The van der Waals surface area contributed by atoms with Gasteiger partial charge in [0.05, 0.1) is 10.2 Å². The van der Waals surface area contributed by atoms with Gasteiger partial charge >= 0.3 is 0 Å². The van der Waals surface area contributed by atoms with E-state index in [1.807, 2.05) is 7.05 Å². The van der Waals surface area contributed by atoms with Gasteiger partial charge in [0.25, 0.3) is 0 Å². The third-order valence-electron chi connectivity index (χ3n) is 3.13. The molecule has 1 aromatic heterocycles. The standard InChI is InChI=1S/C12H18BrN3/c1-3-5-9-10(13)12(14-2)16-11(15-9)8-6-4-7-8/h8H,3-7H2,1-2H3,(H,14,15,16). The van der Waals surface area contributed by atoms with Crippen molar-refractivity contribution in [2.75, 3.05) is 12.4 Å². The zero-order valence-electron chi connectivity index (χ0n) is 9.89. The van der Waals surface area contributed by atoms with E-state index in [-0.39, 0.29) is 0 Å². The third-order valence-corrected chi connectivity index (χ3v) is 3.96. The molecule has 2 rings (SSSR count). The first-order chi connectivity index (χ1) is 7.76. The number of aryl methyl sites for hydroxylation is 1. The molecule has 1 aromatic rings. The molecule has 0 amide bonds. The van der Waals surface area contributed by atoms with Gasteiger partial charge in [-0.1, -0.05) is 19.8 Å². The molecular weight excluding hydrogens is 266 g/mol. The molecule has 4 heteroatoms. The summed E-state index contributed by atoms with van der Waals surface area (Å²) in [6.07, 6.45) is 5.94. The number of nitrogens with zero attached hydrogens (tertiary/aromatic N) is 2. The van der Waals surface area contributed by atoms with E-state index in [2.05, 4.69) is 33.2 Å². The Bertz CT molecular complexity index is 375. The van der Waals surface area contributed by atoms with Crippen LogP contribution in [0.4, 0.5) is 5.82 Å². The second-order valence-electron chi connectivity index (χ2n) is 4.32. The third kappa shape index (κ3) is 2.21. The van der Waals surface area contributed by atoms with Crippen molar-refractivity contribution in [1.29, 1.82) is 0 Å². The first-order valence-corrected chi connectivity index (χ1v) is 6.79. The first kappa shape index (κ1) is 11.8. The maximum atomic E-state index is 4.69. The molecule has 1 heterocycles. The molecule has 1 fully saturated rings. The van der Waals surface area contributed by atoms with E-state index in [0.29, 0.717) is 5.92 Å². The van der Waals surface area contributed by atoms with Gasteiger partial charge in [-0.05, 0) is 35.2 Å². The highest BCUT2D eigenvalue weighted by Gasteiger charge is 2.24. The van der Waals surface area contributed by atoms with Crippen molar-refractivity contribution in [2.24, 2.45) is 0 Å². The van der Waals surface area contributed by atoms with E-state index in [4.69, 9.17) is 4.98 Å². The van der Waals surface area contributed by atoms with Gasteiger partial charge in [0.15, 0.2) is 0 Å². The van der Waals surface area contributed by atoms with Gasteiger partial charge in [-0.3, -0.25) is 0 Å². The Morgan fingerprint density at radius 2 is 2.12 bits per heavy atom. The van der Waals surface area contributed by atoms with Crippen LogP contribution in [0.25, 0.3) is 0 Å². The molecule has 0 aromatic carbocycles. The van der Waals surface area contributed by atoms with E-state index in [0.717, 1.165) is 34.7 Å². The van der Waals surface area contributed by atoms with Gasteiger partial charge in [-0.2, -0.15) is 0 Å². The molecule has 88 valence electrons. The van der Waals surface area contributed by atoms with Crippen LogP contribution in [0.1, 0.15) is 50.0 Å². The molecular formula is C12H18BrN3. The summed E-state index contributed by atoms with van der Waals surface area (Å²) in [7, 11) is 1.91. The summed E-state index contributed by atoms with van der Waals surface area (Å²) in [6.45, 7) is 2.18. The number of aromatic nitrogens is 2. The van der Waals surface area contributed by atoms with Crippen LogP contribution in [-0.4, -0.2) is 17.0 Å². The fourth-order valence-electron chi connectivity index (χ4n) is 1.93. The van der Waals surface area contributed by atoms with Crippen molar-refractivity contribution in [3.05, 3.63) is 16.0 Å². The number of hydrogen-bond donors (Lipinski definition) is 1. The Hall–Kier alpha value is -0.640. The molecule has 3 nitrogen and oxygen atoms in total. The highest BCUT2D eigenvalue weighted by atomic mass is 79.9. The predicted octanol–water partition coefficient (Wildman–Crippen LogP) is 3.50. The van der Waals surface area contributed by atoms with Crippen LogP contribution in [0, 0.1) is 0 Å². The summed E-state index contributed by atoms with van der Waals surface area (Å²) in [6, 6.07) is 0. The van der Waals surface area contributed by atoms with E-state index >= 15 is 0 Å². The Labute approximate surface area is 105 Å². The van der Waals surface area contributed by atoms with Crippen LogP contribution in [-0.2, 0) is 6.42 Å². The molecule has 0 saturated heterocycles. The van der Waals surface area contributed by atoms with Gasteiger partial charge in [-0.25, -0.2) is 9.97 Å². The molecule has 0 atom stereocenters. The fraction of sp³-hybridized carbons (Fsp3) is 0.667. The van der Waals surface area contributed by atoms with Crippen molar-refractivity contribution < 1.29 is 0 Å². The van der Waals surface area contributed by atoms with E-state index in [1.54, 1.807) is 0 Å². The summed E-state index contributed by atoms with van der Waals surface area (Å²) in [5, 5.41) is 3.14. The average Bonchev–Trinajstić information content (AvgIpc) is 2.20. The number of rotatable bonds is 4. The number of halogens is 1. The molecule has 0 spiro atoms. The van der Waals surface area contributed by atoms with Crippen molar-refractivity contribution >= 4 is 21.7 Å².